The number of ketones is 1. The quantitative estimate of drug-likeness (QED) is 0.770. The lowest BCUT2D eigenvalue weighted by Crippen LogP contribution is -2.16. The number of hydrogen-bond donors (Lipinski definition) is 0. The van der Waals surface area contributed by atoms with Gasteiger partial charge in [-0.25, -0.2) is 4.39 Å². The van der Waals surface area contributed by atoms with Crippen molar-refractivity contribution < 1.29 is 13.9 Å². The molecule has 3 heteroatoms. The molecular weight excluding hydrogens is 243 g/mol. The number of methoxy groups -OCH3 is 1. The summed E-state index contributed by atoms with van der Waals surface area (Å²) in [6.45, 7) is 0. The molecule has 0 amide bonds. The SMILES string of the molecule is COc1cccc(C(=O)CC2CC3CCC2C3)c1F. The van der Waals surface area contributed by atoms with Crippen LogP contribution in [0, 0.1) is 23.6 Å². The van der Waals surface area contributed by atoms with Crippen molar-refractivity contribution in [3.63, 3.8) is 0 Å². The van der Waals surface area contributed by atoms with Crippen molar-refractivity contribution in [3.05, 3.63) is 29.6 Å². The summed E-state index contributed by atoms with van der Waals surface area (Å²) in [7, 11) is 1.42. The zero-order valence-electron chi connectivity index (χ0n) is 11.2. The standard InChI is InChI=1S/C16H19FO2/c1-19-15-4-2-3-13(16(15)17)14(18)9-12-8-10-5-6-11(12)7-10/h2-4,10-12H,5-9H2,1H3. The monoisotopic (exact) mass is 262 g/mol. The zero-order chi connectivity index (χ0) is 13.4. The van der Waals surface area contributed by atoms with Crippen LogP contribution in [0.5, 0.6) is 5.75 Å². The summed E-state index contributed by atoms with van der Waals surface area (Å²) in [6.07, 6.45) is 5.50. The summed E-state index contributed by atoms with van der Waals surface area (Å²) in [4.78, 5) is 12.3. The summed E-state index contributed by atoms with van der Waals surface area (Å²) in [5.74, 6) is 1.54. The number of benzene rings is 1. The van der Waals surface area contributed by atoms with Gasteiger partial charge in [-0.2, -0.15) is 0 Å². The third kappa shape index (κ3) is 2.26. The van der Waals surface area contributed by atoms with Crippen LogP contribution in [-0.2, 0) is 0 Å². The van der Waals surface area contributed by atoms with E-state index in [1.165, 1.54) is 26.4 Å². The van der Waals surface area contributed by atoms with Crippen molar-refractivity contribution in [1.82, 2.24) is 0 Å². The fourth-order valence-corrected chi connectivity index (χ4v) is 3.86. The molecule has 1 aromatic carbocycles. The van der Waals surface area contributed by atoms with Crippen molar-refractivity contribution in [1.29, 1.82) is 0 Å². The number of halogens is 1. The van der Waals surface area contributed by atoms with E-state index in [0.717, 1.165) is 12.3 Å². The number of carbonyl (C=O) groups is 1. The molecule has 2 saturated carbocycles. The summed E-state index contributed by atoms with van der Waals surface area (Å²) >= 11 is 0. The van der Waals surface area contributed by atoms with E-state index in [9.17, 15) is 9.18 Å². The van der Waals surface area contributed by atoms with Crippen LogP contribution >= 0.6 is 0 Å². The summed E-state index contributed by atoms with van der Waals surface area (Å²) < 4.78 is 19.0. The minimum atomic E-state index is -0.516. The van der Waals surface area contributed by atoms with Gasteiger partial charge >= 0.3 is 0 Å². The highest BCUT2D eigenvalue weighted by molar-refractivity contribution is 5.96. The van der Waals surface area contributed by atoms with Crippen LogP contribution in [0.15, 0.2) is 18.2 Å². The fourth-order valence-electron chi connectivity index (χ4n) is 3.86. The summed E-state index contributed by atoms with van der Waals surface area (Å²) in [5, 5.41) is 0. The molecule has 3 unspecified atom stereocenters. The smallest absolute Gasteiger partial charge is 0.175 e. The molecule has 2 nitrogen and oxygen atoms in total. The summed E-state index contributed by atoms with van der Waals surface area (Å²) in [6, 6.07) is 4.78. The van der Waals surface area contributed by atoms with E-state index >= 15 is 0 Å². The van der Waals surface area contributed by atoms with Crippen LogP contribution in [0.4, 0.5) is 4.39 Å². The highest BCUT2D eigenvalue weighted by atomic mass is 19.1. The molecule has 0 N–H and O–H groups in total. The number of hydrogen-bond acceptors (Lipinski definition) is 2. The Morgan fingerprint density at radius 3 is 2.84 bits per heavy atom. The van der Waals surface area contributed by atoms with E-state index in [1.807, 2.05) is 0 Å². The Balaban J connectivity index is 1.74. The van der Waals surface area contributed by atoms with Crippen LogP contribution in [-0.4, -0.2) is 12.9 Å². The number of rotatable bonds is 4. The van der Waals surface area contributed by atoms with Crippen LogP contribution < -0.4 is 4.74 Å². The molecular formula is C16H19FO2. The first-order valence-electron chi connectivity index (χ1n) is 7.04. The van der Waals surface area contributed by atoms with E-state index in [2.05, 4.69) is 0 Å². The number of carbonyl (C=O) groups excluding carboxylic acids is 1. The molecule has 19 heavy (non-hydrogen) atoms. The van der Waals surface area contributed by atoms with Crippen LogP contribution in [0.3, 0.4) is 0 Å². The first-order valence-corrected chi connectivity index (χ1v) is 7.04. The predicted molar refractivity (Wildman–Crippen MR) is 70.8 cm³/mol. The second-order valence-corrected chi connectivity index (χ2v) is 5.88. The molecule has 0 radical (unpaired) electrons. The molecule has 0 saturated heterocycles. The highest BCUT2D eigenvalue weighted by Crippen LogP contribution is 2.49. The van der Waals surface area contributed by atoms with E-state index in [-0.39, 0.29) is 17.1 Å². The normalized spacial score (nSPS) is 28.6. The predicted octanol–water partition coefficient (Wildman–Crippen LogP) is 3.84. The molecule has 0 spiro atoms. The van der Waals surface area contributed by atoms with Gasteiger partial charge in [-0.3, -0.25) is 4.79 Å². The van der Waals surface area contributed by atoms with Gasteiger partial charge in [-0.1, -0.05) is 12.5 Å². The topological polar surface area (TPSA) is 26.3 Å². The van der Waals surface area contributed by atoms with Crippen molar-refractivity contribution in [2.45, 2.75) is 32.1 Å². The second-order valence-electron chi connectivity index (χ2n) is 5.88. The molecule has 3 rings (SSSR count). The van der Waals surface area contributed by atoms with Crippen molar-refractivity contribution in [2.75, 3.05) is 7.11 Å². The van der Waals surface area contributed by atoms with Gasteiger partial charge in [0, 0.05) is 6.42 Å². The van der Waals surface area contributed by atoms with Crippen molar-refractivity contribution >= 4 is 5.78 Å². The molecule has 2 bridgehead atoms. The Kier molecular flexibility index (Phi) is 3.29. The van der Waals surface area contributed by atoms with Gasteiger partial charge in [0.15, 0.2) is 17.3 Å². The maximum atomic E-state index is 14.0. The third-order valence-electron chi connectivity index (χ3n) is 4.82. The maximum Gasteiger partial charge on any atom is 0.175 e. The zero-order valence-corrected chi connectivity index (χ0v) is 11.2. The van der Waals surface area contributed by atoms with E-state index in [4.69, 9.17) is 4.74 Å². The summed E-state index contributed by atoms with van der Waals surface area (Å²) in [5.41, 5.74) is 0.183. The Morgan fingerprint density at radius 2 is 2.21 bits per heavy atom. The van der Waals surface area contributed by atoms with Gasteiger partial charge in [-0.05, 0) is 49.1 Å². The van der Waals surface area contributed by atoms with Gasteiger partial charge in [-0.15, -0.1) is 0 Å². The average Bonchev–Trinajstić information content (AvgIpc) is 3.01. The van der Waals surface area contributed by atoms with Gasteiger partial charge in [0.1, 0.15) is 0 Å². The van der Waals surface area contributed by atoms with Crippen LogP contribution in [0.25, 0.3) is 0 Å². The fraction of sp³-hybridized carbons (Fsp3) is 0.562. The molecule has 2 aliphatic carbocycles. The molecule has 0 heterocycles. The lowest BCUT2D eigenvalue weighted by Gasteiger charge is -2.20. The van der Waals surface area contributed by atoms with Crippen LogP contribution in [0.2, 0.25) is 0 Å². The Labute approximate surface area is 113 Å². The van der Waals surface area contributed by atoms with Gasteiger partial charge in [0.2, 0.25) is 0 Å². The molecule has 1 aromatic rings. The van der Waals surface area contributed by atoms with E-state index in [0.29, 0.717) is 18.3 Å². The largest absolute Gasteiger partial charge is 0.494 e. The highest BCUT2D eigenvalue weighted by Gasteiger charge is 2.40. The van der Waals surface area contributed by atoms with Crippen molar-refractivity contribution in [2.24, 2.45) is 17.8 Å². The Morgan fingerprint density at radius 1 is 1.37 bits per heavy atom. The maximum absolute atomic E-state index is 14.0. The molecule has 0 aromatic heterocycles. The van der Waals surface area contributed by atoms with Crippen molar-refractivity contribution in [3.8, 4) is 5.75 Å². The second kappa shape index (κ2) is 4.95. The molecule has 2 aliphatic rings. The average molecular weight is 262 g/mol. The molecule has 102 valence electrons. The third-order valence-corrected chi connectivity index (χ3v) is 4.82. The first kappa shape index (κ1) is 12.6. The number of ether oxygens (including phenoxy) is 1. The number of Topliss-reactive ketones (excluding diaryl/α,β-unsaturated/α-hetero) is 1. The molecule has 2 fully saturated rings. The Hall–Kier alpha value is -1.38. The van der Waals surface area contributed by atoms with E-state index < -0.39 is 5.82 Å². The van der Waals surface area contributed by atoms with E-state index in [1.54, 1.807) is 18.2 Å². The lowest BCUT2D eigenvalue weighted by molar-refractivity contribution is 0.0939. The minimum absolute atomic E-state index is 0.0750. The molecule has 3 atom stereocenters. The van der Waals surface area contributed by atoms with Gasteiger partial charge in [0.05, 0.1) is 12.7 Å². The van der Waals surface area contributed by atoms with Gasteiger partial charge in [0.25, 0.3) is 0 Å². The minimum Gasteiger partial charge on any atom is -0.494 e. The Bertz CT molecular complexity index is 498. The van der Waals surface area contributed by atoms with Gasteiger partial charge < -0.3 is 4.74 Å². The molecule has 0 aliphatic heterocycles. The van der Waals surface area contributed by atoms with Crippen LogP contribution in [0.1, 0.15) is 42.5 Å². The number of fused-ring (bicyclic) bond motifs is 2. The lowest BCUT2D eigenvalue weighted by atomic mass is 9.84. The first-order chi connectivity index (χ1) is 9.19.